The Morgan fingerprint density at radius 2 is 1.97 bits per heavy atom. The number of ether oxygens (including phenoxy) is 2. The van der Waals surface area contributed by atoms with Gasteiger partial charge < -0.3 is 25.8 Å². The number of rotatable bonds is 11. The Morgan fingerprint density at radius 1 is 1.24 bits per heavy atom. The molecule has 2 atom stereocenters. The molecule has 1 aliphatic rings. The van der Waals surface area contributed by atoms with Crippen LogP contribution in [0.4, 0.5) is 4.39 Å². The van der Waals surface area contributed by atoms with E-state index >= 15 is 4.39 Å². The molecular weight excluding hydrogens is 445 g/mol. The van der Waals surface area contributed by atoms with Gasteiger partial charge in [-0.15, -0.1) is 0 Å². The molecule has 2 aromatic rings. The van der Waals surface area contributed by atoms with Crippen LogP contribution in [0.3, 0.4) is 0 Å². The predicted molar refractivity (Wildman–Crippen MR) is 128 cm³/mol. The normalized spacial score (nSPS) is 16.2. The lowest BCUT2D eigenvalue weighted by molar-refractivity contribution is -0.121. The van der Waals surface area contributed by atoms with E-state index in [1.165, 1.54) is 0 Å². The molecule has 8 heteroatoms. The largest absolute Gasteiger partial charge is 0.453 e. The molecular formula is C25H33ClFN3O3. The minimum absolute atomic E-state index is 0.00693. The fourth-order valence-corrected chi connectivity index (χ4v) is 4.27. The van der Waals surface area contributed by atoms with E-state index in [1.54, 1.807) is 24.3 Å². The highest BCUT2D eigenvalue weighted by atomic mass is 35.5. The van der Waals surface area contributed by atoms with E-state index in [0.29, 0.717) is 43.5 Å². The minimum Gasteiger partial charge on any atom is -0.453 e. The summed E-state index contributed by atoms with van der Waals surface area (Å²) < 4.78 is 27.0. The molecule has 1 heterocycles. The molecule has 1 aliphatic heterocycles. The van der Waals surface area contributed by atoms with Crippen molar-refractivity contribution in [2.45, 2.75) is 44.7 Å². The quantitative estimate of drug-likeness (QED) is 0.441. The maximum Gasteiger partial charge on any atom is 0.221 e. The van der Waals surface area contributed by atoms with Gasteiger partial charge in [-0.2, -0.15) is 0 Å². The molecule has 2 aromatic carbocycles. The van der Waals surface area contributed by atoms with Crippen LogP contribution >= 0.6 is 11.6 Å². The third-order valence-corrected chi connectivity index (χ3v) is 6.07. The number of benzene rings is 2. The average Bonchev–Trinajstić information content (AvgIpc) is 2.81. The number of hydrogen-bond acceptors (Lipinski definition) is 5. The summed E-state index contributed by atoms with van der Waals surface area (Å²) in [6.45, 7) is 4.16. The lowest BCUT2D eigenvalue weighted by atomic mass is 9.88. The van der Waals surface area contributed by atoms with Crippen LogP contribution < -0.4 is 21.1 Å². The Bertz CT molecular complexity index is 894. The van der Waals surface area contributed by atoms with Gasteiger partial charge in [-0.3, -0.25) is 4.79 Å². The van der Waals surface area contributed by atoms with Gasteiger partial charge in [-0.25, -0.2) is 4.39 Å². The summed E-state index contributed by atoms with van der Waals surface area (Å²) in [4.78, 5) is 12.2. The maximum absolute atomic E-state index is 15.7. The Labute approximate surface area is 200 Å². The molecule has 4 N–H and O–H groups in total. The molecule has 180 valence electrons. The van der Waals surface area contributed by atoms with E-state index in [9.17, 15) is 4.79 Å². The number of nitrogens with two attached hydrogens (primary N) is 1. The first-order valence-electron chi connectivity index (χ1n) is 11.5. The third-order valence-electron chi connectivity index (χ3n) is 5.77. The Hall–Kier alpha value is -2.19. The molecule has 0 saturated carbocycles. The van der Waals surface area contributed by atoms with Crippen molar-refractivity contribution in [3.8, 4) is 11.5 Å². The number of hydrogen-bond donors (Lipinski definition) is 3. The Balaban J connectivity index is 1.82. The summed E-state index contributed by atoms with van der Waals surface area (Å²) in [6, 6.07) is 11.9. The van der Waals surface area contributed by atoms with Crippen molar-refractivity contribution in [3.05, 3.63) is 58.9 Å². The number of carbonyl (C=O) groups is 1. The Kier molecular flexibility index (Phi) is 9.94. The van der Waals surface area contributed by atoms with E-state index in [2.05, 4.69) is 10.6 Å². The van der Waals surface area contributed by atoms with Gasteiger partial charge in [0.15, 0.2) is 11.6 Å². The predicted octanol–water partition coefficient (Wildman–Crippen LogP) is 4.57. The van der Waals surface area contributed by atoms with Crippen LogP contribution in [0.5, 0.6) is 11.5 Å². The van der Waals surface area contributed by atoms with Crippen molar-refractivity contribution in [1.29, 1.82) is 0 Å². The van der Waals surface area contributed by atoms with Gasteiger partial charge >= 0.3 is 0 Å². The van der Waals surface area contributed by atoms with Crippen LogP contribution in [0.1, 0.15) is 44.2 Å². The molecule has 0 spiro atoms. The molecule has 33 heavy (non-hydrogen) atoms. The summed E-state index contributed by atoms with van der Waals surface area (Å²) in [5, 5.41) is 6.46. The second-order valence-electron chi connectivity index (χ2n) is 8.45. The van der Waals surface area contributed by atoms with Crippen molar-refractivity contribution >= 4 is 17.5 Å². The molecule has 1 fully saturated rings. The van der Waals surface area contributed by atoms with Crippen LogP contribution in [0.25, 0.3) is 0 Å². The highest BCUT2D eigenvalue weighted by Gasteiger charge is 2.27. The zero-order valence-corrected chi connectivity index (χ0v) is 19.7. The molecule has 0 aromatic heterocycles. The van der Waals surface area contributed by atoms with E-state index in [0.717, 1.165) is 19.3 Å². The van der Waals surface area contributed by atoms with Gasteiger partial charge in [0.05, 0.1) is 5.02 Å². The highest BCUT2D eigenvalue weighted by molar-refractivity contribution is 6.32. The molecule has 0 unspecified atom stereocenters. The highest BCUT2D eigenvalue weighted by Crippen LogP contribution is 2.38. The maximum atomic E-state index is 15.7. The first kappa shape index (κ1) is 25.4. The van der Waals surface area contributed by atoms with Gasteiger partial charge in [0.25, 0.3) is 0 Å². The van der Waals surface area contributed by atoms with Gasteiger partial charge in [-0.05, 0) is 50.3 Å². The standard InChI is InChI=1S/C25H33ClFN3O3/c1-17(15-23(31)29-12-11-28)30-22(16-18-9-13-32-14-10-18)20-7-8-21(26)25(24(20)27)33-19-5-3-2-4-6-19/h2-8,17-18,22,30H,9-16,28H2,1H3,(H,29,31)/t17-,22-/m0/s1. The second kappa shape index (κ2) is 12.9. The fraction of sp³-hybridized carbons (Fsp3) is 0.480. The van der Waals surface area contributed by atoms with Crippen molar-refractivity contribution in [2.75, 3.05) is 26.3 Å². The zero-order chi connectivity index (χ0) is 23.6. The summed E-state index contributed by atoms with van der Waals surface area (Å²) >= 11 is 6.31. The molecule has 1 saturated heterocycles. The number of halogens is 2. The van der Waals surface area contributed by atoms with Gasteiger partial charge in [0.1, 0.15) is 5.75 Å². The Morgan fingerprint density at radius 3 is 2.67 bits per heavy atom. The van der Waals surface area contributed by atoms with Crippen molar-refractivity contribution in [2.24, 2.45) is 11.7 Å². The zero-order valence-electron chi connectivity index (χ0n) is 19.0. The second-order valence-corrected chi connectivity index (χ2v) is 8.86. The molecule has 6 nitrogen and oxygen atoms in total. The van der Waals surface area contributed by atoms with E-state index in [4.69, 9.17) is 26.8 Å². The van der Waals surface area contributed by atoms with Crippen molar-refractivity contribution in [3.63, 3.8) is 0 Å². The molecule has 1 amide bonds. The minimum atomic E-state index is -0.490. The topological polar surface area (TPSA) is 85.6 Å². The smallest absolute Gasteiger partial charge is 0.221 e. The van der Waals surface area contributed by atoms with Crippen molar-refractivity contribution in [1.82, 2.24) is 10.6 Å². The van der Waals surface area contributed by atoms with E-state index < -0.39 is 5.82 Å². The molecule has 0 bridgehead atoms. The van der Waals surface area contributed by atoms with E-state index in [-0.39, 0.29) is 35.2 Å². The lowest BCUT2D eigenvalue weighted by Gasteiger charge is -2.30. The fourth-order valence-electron chi connectivity index (χ4n) is 4.08. The van der Waals surface area contributed by atoms with Gasteiger partial charge in [0.2, 0.25) is 5.91 Å². The summed E-state index contributed by atoms with van der Waals surface area (Å²) in [5.74, 6) is 0.329. The third kappa shape index (κ3) is 7.67. The monoisotopic (exact) mass is 477 g/mol. The molecule has 0 aliphatic carbocycles. The van der Waals surface area contributed by atoms with E-state index in [1.807, 2.05) is 25.1 Å². The van der Waals surface area contributed by atoms with Gasteiger partial charge in [-0.1, -0.05) is 35.9 Å². The van der Waals surface area contributed by atoms with Crippen molar-refractivity contribution < 1.29 is 18.7 Å². The lowest BCUT2D eigenvalue weighted by Crippen LogP contribution is -2.38. The molecule has 0 radical (unpaired) electrons. The van der Waals surface area contributed by atoms with Crippen LogP contribution in [-0.2, 0) is 9.53 Å². The summed E-state index contributed by atoms with van der Waals surface area (Å²) in [5.41, 5.74) is 5.94. The SMILES string of the molecule is C[C@@H](CC(=O)NCCN)N[C@@H](CC1CCOCC1)c1ccc(Cl)c(Oc2ccccc2)c1F. The van der Waals surface area contributed by atoms with Gasteiger partial charge in [0, 0.05) is 50.4 Å². The summed E-state index contributed by atoms with van der Waals surface area (Å²) in [7, 11) is 0. The number of carbonyl (C=O) groups excluding carboxylic acids is 1. The van der Waals surface area contributed by atoms with Crippen LogP contribution in [0.2, 0.25) is 5.02 Å². The number of amides is 1. The number of nitrogens with one attached hydrogen (secondary N) is 2. The first-order chi connectivity index (χ1) is 16.0. The van der Waals surface area contributed by atoms with Crippen LogP contribution in [0.15, 0.2) is 42.5 Å². The van der Waals surface area contributed by atoms with Crippen LogP contribution in [-0.4, -0.2) is 38.3 Å². The molecule has 3 rings (SSSR count). The average molecular weight is 478 g/mol. The summed E-state index contributed by atoms with van der Waals surface area (Å²) in [6.07, 6.45) is 2.84. The number of para-hydroxylation sites is 1. The first-order valence-corrected chi connectivity index (χ1v) is 11.9. The van der Waals surface area contributed by atoms with Crippen LogP contribution in [0, 0.1) is 11.7 Å².